The topological polar surface area (TPSA) is 29.9 Å². The summed E-state index contributed by atoms with van der Waals surface area (Å²) in [5.41, 5.74) is 3.27. The summed E-state index contributed by atoms with van der Waals surface area (Å²) in [4.78, 5) is 0. The highest BCUT2D eigenvalue weighted by atomic mass is 35.5. The van der Waals surface area contributed by atoms with Gasteiger partial charge in [-0.1, -0.05) is 29.3 Å². The summed E-state index contributed by atoms with van der Waals surface area (Å²) in [5.74, 6) is 0. The highest BCUT2D eigenvalue weighted by molar-refractivity contribution is 6.36. The van der Waals surface area contributed by atoms with Crippen molar-refractivity contribution in [3.8, 4) is 0 Å². The highest BCUT2D eigenvalue weighted by Gasteiger charge is 2.18. The minimum Gasteiger partial charge on any atom is -0.313 e. The molecule has 2 rings (SSSR count). The predicted molar refractivity (Wildman–Crippen MR) is 79.9 cm³/mol. The zero-order valence-corrected chi connectivity index (χ0v) is 12.8. The monoisotopic (exact) mass is 297 g/mol. The molecule has 0 aliphatic carbocycles. The molecule has 102 valence electrons. The molecule has 1 N–H and O–H groups in total. The average molecular weight is 298 g/mol. The standard InChI is InChI=1S/C14H17Cl2N3/c1-9-11(8-18-19(9)3)14(17-2)7-10-12(15)5-4-6-13(10)16/h4-6,8,14,17H,7H2,1-3H3. The Morgan fingerprint density at radius 2 is 1.95 bits per heavy atom. The molecule has 0 amide bonds. The van der Waals surface area contributed by atoms with Gasteiger partial charge in [-0.05, 0) is 38.1 Å². The van der Waals surface area contributed by atoms with Crippen LogP contribution >= 0.6 is 23.2 Å². The first-order valence-corrected chi connectivity index (χ1v) is 6.88. The Bertz CT molecular complexity index is 558. The van der Waals surface area contributed by atoms with Gasteiger partial charge in [-0.3, -0.25) is 4.68 Å². The molecule has 19 heavy (non-hydrogen) atoms. The van der Waals surface area contributed by atoms with Crippen LogP contribution in [0.2, 0.25) is 10.0 Å². The van der Waals surface area contributed by atoms with Gasteiger partial charge in [-0.25, -0.2) is 0 Å². The van der Waals surface area contributed by atoms with Gasteiger partial charge in [-0.15, -0.1) is 0 Å². The van der Waals surface area contributed by atoms with E-state index in [1.165, 1.54) is 5.56 Å². The Hall–Kier alpha value is -1.03. The molecule has 1 aromatic heterocycles. The van der Waals surface area contributed by atoms with E-state index in [2.05, 4.69) is 17.3 Å². The lowest BCUT2D eigenvalue weighted by Crippen LogP contribution is -2.19. The van der Waals surface area contributed by atoms with Crippen molar-refractivity contribution in [2.45, 2.75) is 19.4 Å². The van der Waals surface area contributed by atoms with E-state index in [0.717, 1.165) is 17.7 Å². The van der Waals surface area contributed by atoms with Crippen LogP contribution in [0.25, 0.3) is 0 Å². The first kappa shape index (κ1) is 14.4. The third-order valence-electron chi connectivity index (χ3n) is 3.47. The number of rotatable bonds is 4. The Morgan fingerprint density at radius 1 is 1.32 bits per heavy atom. The quantitative estimate of drug-likeness (QED) is 0.935. The van der Waals surface area contributed by atoms with Crippen LogP contribution in [0.15, 0.2) is 24.4 Å². The van der Waals surface area contributed by atoms with E-state index in [1.807, 2.05) is 43.2 Å². The molecule has 0 spiro atoms. The van der Waals surface area contributed by atoms with E-state index in [1.54, 1.807) is 0 Å². The van der Waals surface area contributed by atoms with E-state index in [9.17, 15) is 0 Å². The van der Waals surface area contributed by atoms with Crippen LogP contribution in [-0.4, -0.2) is 16.8 Å². The third kappa shape index (κ3) is 2.94. The summed E-state index contributed by atoms with van der Waals surface area (Å²) in [6, 6.07) is 5.74. The Balaban J connectivity index is 2.32. The summed E-state index contributed by atoms with van der Waals surface area (Å²) in [6.07, 6.45) is 2.63. The maximum atomic E-state index is 6.23. The van der Waals surface area contributed by atoms with Gasteiger partial charge >= 0.3 is 0 Å². The minimum atomic E-state index is 0.145. The van der Waals surface area contributed by atoms with Crippen molar-refractivity contribution in [1.29, 1.82) is 0 Å². The summed E-state index contributed by atoms with van der Waals surface area (Å²) in [6.45, 7) is 2.06. The fraction of sp³-hybridized carbons (Fsp3) is 0.357. The van der Waals surface area contributed by atoms with Gasteiger partial charge in [0.1, 0.15) is 0 Å². The van der Waals surface area contributed by atoms with Gasteiger partial charge in [0.2, 0.25) is 0 Å². The van der Waals surface area contributed by atoms with Crippen molar-refractivity contribution in [2.75, 3.05) is 7.05 Å². The number of nitrogens with zero attached hydrogens (tertiary/aromatic N) is 2. The normalized spacial score (nSPS) is 12.7. The number of hydrogen-bond acceptors (Lipinski definition) is 2. The first-order valence-electron chi connectivity index (χ1n) is 6.13. The molecule has 0 aliphatic rings. The number of aromatic nitrogens is 2. The molecule has 0 aliphatic heterocycles. The maximum absolute atomic E-state index is 6.23. The molecule has 5 heteroatoms. The van der Waals surface area contributed by atoms with Gasteiger partial charge in [-0.2, -0.15) is 5.10 Å². The van der Waals surface area contributed by atoms with Crippen molar-refractivity contribution >= 4 is 23.2 Å². The third-order valence-corrected chi connectivity index (χ3v) is 4.18. The summed E-state index contributed by atoms with van der Waals surface area (Å²) in [7, 11) is 3.87. The van der Waals surface area contributed by atoms with Crippen molar-refractivity contribution in [1.82, 2.24) is 15.1 Å². The van der Waals surface area contributed by atoms with Crippen LogP contribution < -0.4 is 5.32 Å². The van der Waals surface area contributed by atoms with Crippen LogP contribution in [0.3, 0.4) is 0 Å². The number of hydrogen-bond donors (Lipinski definition) is 1. The molecule has 0 radical (unpaired) electrons. The second-order valence-electron chi connectivity index (χ2n) is 4.55. The maximum Gasteiger partial charge on any atom is 0.0540 e. The van der Waals surface area contributed by atoms with Gasteiger partial charge in [0, 0.05) is 34.4 Å². The van der Waals surface area contributed by atoms with Crippen LogP contribution in [0.5, 0.6) is 0 Å². The second kappa shape index (κ2) is 5.95. The van der Waals surface area contributed by atoms with E-state index in [0.29, 0.717) is 10.0 Å². The fourth-order valence-electron chi connectivity index (χ4n) is 2.16. The number of halogens is 2. The molecule has 2 aromatic rings. The molecule has 0 saturated carbocycles. The Kier molecular flexibility index (Phi) is 4.50. The smallest absolute Gasteiger partial charge is 0.0540 e. The van der Waals surface area contributed by atoms with Crippen molar-refractivity contribution in [2.24, 2.45) is 7.05 Å². The fourth-order valence-corrected chi connectivity index (χ4v) is 2.71. The summed E-state index contributed by atoms with van der Waals surface area (Å²) < 4.78 is 1.87. The van der Waals surface area contributed by atoms with E-state index < -0.39 is 0 Å². The van der Waals surface area contributed by atoms with Crippen molar-refractivity contribution in [3.63, 3.8) is 0 Å². The molecule has 0 saturated heterocycles. The highest BCUT2D eigenvalue weighted by Crippen LogP contribution is 2.30. The van der Waals surface area contributed by atoms with E-state index in [-0.39, 0.29) is 6.04 Å². The average Bonchev–Trinajstić information content (AvgIpc) is 2.71. The number of benzene rings is 1. The predicted octanol–water partition coefficient (Wildman–Crippen LogP) is 3.54. The van der Waals surface area contributed by atoms with Crippen LogP contribution in [0, 0.1) is 6.92 Å². The Morgan fingerprint density at radius 3 is 2.42 bits per heavy atom. The molecular formula is C14H17Cl2N3. The molecule has 1 unspecified atom stereocenters. The molecule has 0 bridgehead atoms. The molecule has 1 aromatic carbocycles. The number of likely N-dealkylation sites (N-methyl/N-ethyl adjacent to an activating group) is 1. The second-order valence-corrected chi connectivity index (χ2v) is 5.37. The molecular weight excluding hydrogens is 281 g/mol. The molecule has 0 fully saturated rings. The lowest BCUT2D eigenvalue weighted by Gasteiger charge is -2.17. The van der Waals surface area contributed by atoms with Gasteiger partial charge in [0.15, 0.2) is 0 Å². The number of nitrogens with one attached hydrogen (secondary N) is 1. The van der Waals surface area contributed by atoms with Gasteiger partial charge in [0.25, 0.3) is 0 Å². The van der Waals surface area contributed by atoms with Crippen LogP contribution in [0.1, 0.15) is 22.9 Å². The summed E-state index contributed by atoms with van der Waals surface area (Å²) in [5, 5.41) is 8.99. The van der Waals surface area contributed by atoms with E-state index in [4.69, 9.17) is 23.2 Å². The molecule has 1 atom stereocenters. The van der Waals surface area contributed by atoms with Crippen LogP contribution in [0.4, 0.5) is 0 Å². The SMILES string of the molecule is CNC(Cc1c(Cl)cccc1Cl)c1cnn(C)c1C. The summed E-state index contributed by atoms with van der Waals surface area (Å²) >= 11 is 12.5. The number of aryl methyl sites for hydroxylation is 1. The van der Waals surface area contributed by atoms with E-state index >= 15 is 0 Å². The lowest BCUT2D eigenvalue weighted by molar-refractivity contribution is 0.587. The Labute approximate surface area is 123 Å². The lowest BCUT2D eigenvalue weighted by atomic mass is 9.99. The van der Waals surface area contributed by atoms with Crippen LogP contribution in [-0.2, 0) is 13.5 Å². The zero-order chi connectivity index (χ0) is 14.0. The molecule has 1 heterocycles. The van der Waals surface area contributed by atoms with Gasteiger partial charge < -0.3 is 5.32 Å². The zero-order valence-electron chi connectivity index (χ0n) is 11.2. The molecule has 3 nitrogen and oxygen atoms in total. The van der Waals surface area contributed by atoms with Gasteiger partial charge in [0.05, 0.1) is 6.20 Å². The van der Waals surface area contributed by atoms with Crippen molar-refractivity contribution in [3.05, 3.63) is 51.3 Å². The van der Waals surface area contributed by atoms with Crippen molar-refractivity contribution < 1.29 is 0 Å². The largest absolute Gasteiger partial charge is 0.313 e. The first-order chi connectivity index (χ1) is 9.04. The minimum absolute atomic E-state index is 0.145.